The van der Waals surface area contributed by atoms with Crippen molar-refractivity contribution in [2.75, 3.05) is 12.3 Å². The predicted molar refractivity (Wildman–Crippen MR) is 172 cm³/mol. The van der Waals surface area contributed by atoms with Gasteiger partial charge < -0.3 is 9.88 Å². The number of rotatable bonds is 10. The molecule has 1 atom stereocenters. The highest BCUT2D eigenvalue weighted by Gasteiger charge is 2.18. The smallest absolute Gasteiger partial charge is 0.251 e. The lowest BCUT2D eigenvalue weighted by Gasteiger charge is -2.14. The van der Waals surface area contributed by atoms with Crippen molar-refractivity contribution < 1.29 is 4.79 Å². The Labute approximate surface area is 255 Å². The highest BCUT2D eigenvalue weighted by molar-refractivity contribution is 7.99. The number of amides is 1. The molecule has 0 saturated carbocycles. The van der Waals surface area contributed by atoms with E-state index in [1.54, 1.807) is 11.8 Å². The van der Waals surface area contributed by atoms with E-state index in [4.69, 9.17) is 4.98 Å². The van der Waals surface area contributed by atoms with Crippen LogP contribution in [0.3, 0.4) is 0 Å². The van der Waals surface area contributed by atoms with Crippen LogP contribution in [0.4, 0.5) is 0 Å². The molecule has 9 heteroatoms. The maximum Gasteiger partial charge on any atom is 0.251 e. The van der Waals surface area contributed by atoms with E-state index in [1.165, 1.54) is 5.56 Å². The van der Waals surface area contributed by atoms with E-state index in [9.17, 15) is 4.79 Å². The fourth-order valence-electron chi connectivity index (χ4n) is 5.32. The van der Waals surface area contributed by atoms with E-state index in [-0.39, 0.29) is 11.8 Å². The number of aromatic nitrogens is 6. The molecular weight excluding hydrogens is 554 g/mol. The van der Waals surface area contributed by atoms with Gasteiger partial charge in [-0.2, -0.15) is 5.21 Å². The summed E-state index contributed by atoms with van der Waals surface area (Å²) >= 11 is 1.71. The number of tetrazole rings is 1. The van der Waals surface area contributed by atoms with Gasteiger partial charge in [0.25, 0.3) is 5.91 Å². The monoisotopic (exact) mass is 587 g/mol. The normalized spacial score (nSPS) is 12.0. The fraction of sp³-hybridized carbons (Fsp3) is 0.206. The molecule has 0 bridgehead atoms. The Balaban J connectivity index is 1.27. The Morgan fingerprint density at radius 3 is 2.44 bits per heavy atom. The third-order valence-electron chi connectivity index (χ3n) is 7.60. The van der Waals surface area contributed by atoms with E-state index in [2.05, 4.69) is 86.8 Å². The second-order valence-electron chi connectivity index (χ2n) is 10.6. The van der Waals surface area contributed by atoms with E-state index >= 15 is 0 Å². The van der Waals surface area contributed by atoms with Crippen molar-refractivity contribution in [3.05, 3.63) is 113 Å². The van der Waals surface area contributed by atoms with Crippen LogP contribution < -0.4 is 5.32 Å². The largest absolute Gasteiger partial charge is 0.351 e. The molecule has 1 amide bonds. The zero-order valence-electron chi connectivity index (χ0n) is 24.4. The quantitative estimate of drug-likeness (QED) is 0.169. The average molecular weight is 588 g/mol. The van der Waals surface area contributed by atoms with Crippen molar-refractivity contribution in [2.45, 2.75) is 38.4 Å². The Morgan fingerprint density at radius 2 is 1.72 bits per heavy atom. The van der Waals surface area contributed by atoms with Crippen LogP contribution in [0, 0.1) is 6.92 Å². The zero-order chi connectivity index (χ0) is 29.8. The van der Waals surface area contributed by atoms with Crippen LogP contribution in [-0.4, -0.2) is 48.4 Å². The van der Waals surface area contributed by atoms with Crippen molar-refractivity contribution in [2.24, 2.45) is 0 Å². The first-order valence-electron chi connectivity index (χ1n) is 14.4. The Kier molecular flexibility index (Phi) is 8.33. The molecule has 0 unspecified atom stereocenters. The summed E-state index contributed by atoms with van der Waals surface area (Å²) < 4.78 is 2.22. The molecular formula is C34H33N7OS. The first-order chi connectivity index (χ1) is 21.0. The van der Waals surface area contributed by atoms with Crippen LogP contribution in [0.5, 0.6) is 0 Å². The molecule has 0 aliphatic carbocycles. The molecule has 2 heterocycles. The number of benzene rings is 4. The number of nitrogens with one attached hydrogen (secondary N) is 2. The van der Waals surface area contributed by atoms with Gasteiger partial charge in [-0.25, -0.2) is 4.98 Å². The number of carbonyl (C=O) groups is 1. The summed E-state index contributed by atoms with van der Waals surface area (Å²) in [4.78, 5) is 18.3. The van der Waals surface area contributed by atoms with Gasteiger partial charge in [-0.15, -0.1) is 10.2 Å². The SMILES string of the molecule is CCSc1nc2c(C)cc(C(=O)NC[C@H](C)c3ccccc3)cc2n1Cc1ccc(-c2ccccc2-c2nn[nH]n2)cc1. The Hall–Kier alpha value is -4.76. The number of hydrogen-bond acceptors (Lipinski definition) is 6. The van der Waals surface area contributed by atoms with Crippen molar-refractivity contribution in [3.8, 4) is 22.5 Å². The van der Waals surface area contributed by atoms with E-state index in [1.807, 2.05) is 55.5 Å². The predicted octanol–water partition coefficient (Wildman–Crippen LogP) is 6.89. The van der Waals surface area contributed by atoms with Gasteiger partial charge in [0.2, 0.25) is 5.82 Å². The first-order valence-corrected chi connectivity index (χ1v) is 15.4. The lowest BCUT2D eigenvalue weighted by atomic mass is 9.98. The Bertz CT molecular complexity index is 1850. The summed E-state index contributed by atoms with van der Waals surface area (Å²) in [5, 5.41) is 18.7. The third kappa shape index (κ3) is 6.08. The topological polar surface area (TPSA) is 101 Å². The fourth-order valence-corrected chi connectivity index (χ4v) is 6.05. The number of H-pyrrole nitrogens is 1. The van der Waals surface area contributed by atoms with Crippen molar-refractivity contribution in [1.29, 1.82) is 0 Å². The molecule has 0 fully saturated rings. The molecule has 6 rings (SSSR count). The molecule has 43 heavy (non-hydrogen) atoms. The van der Waals surface area contributed by atoms with Crippen LogP contribution in [0.15, 0.2) is 96.2 Å². The third-order valence-corrected chi connectivity index (χ3v) is 8.46. The minimum absolute atomic E-state index is 0.0742. The molecule has 0 radical (unpaired) electrons. The summed E-state index contributed by atoms with van der Waals surface area (Å²) in [5.74, 6) is 1.61. The van der Waals surface area contributed by atoms with Crippen molar-refractivity contribution >= 4 is 28.7 Å². The summed E-state index contributed by atoms with van der Waals surface area (Å²) in [6, 6.07) is 30.8. The molecule has 0 aliphatic rings. The maximum absolute atomic E-state index is 13.3. The molecule has 6 aromatic rings. The molecule has 0 saturated heterocycles. The van der Waals surface area contributed by atoms with E-state index in [0.29, 0.717) is 24.5 Å². The second kappa shape index (κ2) is 12.6. The summed E-state index contributed by atoms with van der Waals surface area (Å²) in [6.07, 6.45) is 0. The number of aryl methyl sites for hydroxylation is 1. The first kappa shape index (κ1) is 28.4. The van der Waals surface area contributed by atoms with Crippen molar-refractivity contribution in [1.82, 2.24) is 35.5 Å². The number of fused-ring (bicyclic) bond motifs is 1. The maximum atomic E-state index is 13.3. The summed E-state index contributed by atoms with van der Waals surface area (Å²) in [5.41, 5.74) is 8.91. The molecule has 4 aromatic carbocycles. The number of hydrogen-bond donors (Lipinski definition) is 2. The highest BCUT2D eigenvalue weighted by atomic mass is 32.2. The van der Waals surface area contributed by atoms with Crippen LogP contribution in [0.1, 0.15) is 46.8 Å². The average Bonchev–Trinajstić information content (AvgIpc) is 3.70. The molecule has 8 nitrogen and oxygen atoms in total. The molecule has 2 aromatic heterocycles. The van der Waals surface area contributed by atoms with Crippen LogP contribution in [-0.2, 0) is 6.54 Å². The summed E-state index contributed by atoms with van der Waals surface area (Å²) in [7, 11) is 0. The number of carbonyl (C=O) groups excluding carboxylic acids is 1. The lowest BCUT2D eigenvalue weighted by molar-refractivity contribution is 0.0951. The Morgan fingerprint density at radius 1 is 0.977 bits per heavy atom. The highest BCUT2D eigenvalue weighted by Crippen LogP contribution is 2.31. The van der Waals surface area contributed by atoms with E-state index in [0.717, 1.165) is 49.8 Å². The minimum atomic E-state index is -0.0742. The lowest BCUT2D eigenvalue weighted by Crippen LogP contribution is -2.27. The van der Waals surface area contributed by atoms with Crippen LogP contribution in [0.25, 0.3) is 33.5 Å². The zero-order valence-corrected chi connectivity index (χ0v) is 25.2. The van der Waals surface area contributed by atoms with Gasteiger partial charge in [0.05, 0.1) is 17.6 Å². The molecule has 0 spiro atoms. The second-order valence-corrected chi connectivity index (χ2v) is 11.8. The number of aromatic amines is 1. The molecule has 2 N–H and O–H groups in total. The van der Waals surface area contributed by atoms with Crippen molar-refractivity contribution in [3.63, 3.8) is 0 Å². The van der Waals surface area contributed by atoms with E-state index < -0.39 is 0 Å². The molecule has 216 valence electrons. The van der Waals surface area contributed by atoms with Gasteiger partial charge in [-0.05, 0) is 63.8 Å². The van der Waals surface area contributed by atoms with Gasteiger partial charge in [0, 0.05) is 17.7 Å². The van der Waals surface area contributed by atoms with Crippen LogP contribution in [0.2, 0.25) is 0 Å². The van der Waals surface area contributed by atoms with Crippen LogP contribution >= 0.6 is 11.8 Å². The van der Waals surface area contributed by atoms with Gasteiger partial charge in [0.1, 0.15) is 0 Å². The van der Waals surface area contributed by atoms with Gasteiger partial charge >= 0.3 is 0 Å². The number of imidazole rings is 1. The summed E-state index contributed by atoms with van der Waals surface area (Å²) in [6.45, 7) is 7.49. The standard InChI is InChI=1S/C34H33N7OS/c1-4-43-34-36-31-22(2)18-27(33(42)35-20-23(3)25-10-6-5-7-11-25)19-30(31)41(34)21-24-14-16-26(17-15-24)28-12-8-9-13-29(28)32-37-39-40-38-32/h5-19,23H,4,20-21H2,1-3H3,(H,35,42)(H,37,38,39,40)/t23-/m0/s1. The van der Waals surface area contributed by atoms with Gasteiger partial charge in [-0.3, -0.25) is 4.79 Å². The van der Waals surface area contributed by atoms with Gasteiger partial charge in [0.15, 0.2) is 5.16 Å². The number of thioether (sulfide) groups is 1. The molecule has 0 aliphatic heterocycles. The number of nitrogens with zero attached hydrogens (tertiary/aromatic N) is 5. The minimum Gasteiger partial charge on any atom is -0.351 e. The van der Waals surface area contributed by atoms with Gasteiger partial charge in [-0.1, -0.05) is 104 Å².